The maximum absolute atomic E-state index is 5.87. The standard InChI is InChI=1S/C14H15BrN2S/c1-10-3-2-4-11(7-10)13(8-16)18-14-6-5-12(15)9-17-14/h2-7,9,13H,8,16H2,1H3. The first-order valence-electron chi connectivity index (χ1n) is 5.74. The van der Waals surface area contributed by atoms with E-state index in [1.54, 1.807) is 11.8 Å². The Morgan fingerprint density at radius 3 is 2.78 bits per heavy atom. The fourth-order valence-electron chi connectivity index (χ4n) is 1.70. The van der Waals surface area contributed by atoms with Gasteiger partial charge in [-0.1, -0.05) is 41.6 Å². The zero-order chi connectivity index (χ0) is 13.0. The topological polar surface area (TPSA) is 38.9 Å². The molecule has 0 saturated heterocycles. The quantitative estimate of drug-likeness (QED) is 0.866. The number of hydrogen-bond acceptors (Lipinski definition) is 3. The molecule has 18 heavy (non-hydrogen) atoms. The molecule has 1 aromatic carbocycles. The van der Waals surface area contributed by atoms with Crippen molar-refractivity contribution in [1.29, 1.82) is 0 Å². The van der Waals surface area contributed by atoms with Crippen molar-refractivity contribution in [2.75, 3.05) is 6.54 Å². The van der Waals surface area contributed by atoms with Crippen LogP contribution < -0.4 is 5.73 Å². The number of nitrogens with two attached hydrogens (primary N) is 1. The molecule has 0 aliphatic rings. The minimum Gasteiger partial charge on any atom is -0.329 e. The van der Waals surface area contributed by atoms with Gasteiger partial charge in [-0.2, -0.15) is 0 Å². The summed E-state index contributed by atoms with van der Waals surface area (Å²) in [6, 6.07) is 12.5. The van der Waals surface area contributed by atoms with Gasteiger partial charge in [0, 0.05) is 22.5 Å². The van der Waals surface area contributed by atoms with Crippen LogP contribution in [-0.4, -0.2) is 11.5 Å². The van der Waals surface area contributed by atoms with Gasteiger partial charge in [0.05, 0.1) is 5.03 Å². The second-order valence-electron chi connectivity index (χ2n) is 4.07. The number of thioether (sulfide) groups is 1. The molecule has 1 atom stereocenters. The predicted molar refractivity (Wildman–Crippen MR) is 80.8 cm³/mol. The van der Waals surface area contributed by atoms with Gasteiger partial charge < -0.3 is 5.73 Å². The third-order valence-corrected chi connectivity index (χ3v) is 4.29. The van der Waals surface area contributed by atoms with Crippen LogP contribution in [0.5, 0.6) is 0 Å². The highest BCUT2D eigenvalue weighted by Gasteiger charge is 2.12. The van der Waals surface area contributed by atoms with Crippen LogP contribution in [0.3, 0.4) is 0 Å². The van der Waals surface area contributed by atoms with Crippen molar-refractivity contribution in [3.05, 3.63) is 58.2 Å². The summed E-state index contributed by atoms with van der Waals surface area (Å²) < 4.78 is 0.992. The zero-order valence-electron chi connectivity index (χ0n) is 10.1. The van der Waals surface area contributed by atoms with Crippen LogP contribution in [0.15, 0.2) is 52.1 Å². The molecule has 0 amide bonds. The summed E-state index contributed by atoms with van der Waals surface area (Å²) in [6.07, 6.45) is 1.81. The fourth-order valence-corrected chi connectivity index (χ4v) is 2.87. The normalized spacial score (nSPS) is 12.4. The minimum absolute atomic E-state index is 0.249. The Morgan fingerprint density at radius 2 is 2.17 bits per heavy atom. The number of benzene rings is 1. The van der Waals surface area contributed by atoms with E-state index < -0.39 is 0 Å². The fraction of sp³-hybridized carbons (Fsp3) is 0.214. The van der Waals surface area contributed by atoms with Crippen LogP contribution >= 0.6 is 27.7 Å². The second kappa shape index (κ2) is 6.36. The SMILES string of the molecule is Cc1cccc(C(CN)Sc2ccc(Br)cn2)c1. The molecule has 0 aliphatic heterocycles. The van der Waals surface area contributed by atoms with E-state index in [2.05, 4.69) is 52.1 Å². The summed E-state index contributed by atoms with van der Waals surface area (Å²) in [5.41, 5.74) is 8.39. The van der Waals surface area contributed by atoms with E-state index in [1.807, 2.05) is 18.3 Å². The summed E-state index contributed by atoms with van der Waals surface area (Å²) in [7, 11) is 0. The molecule has 0 bridgehead atoms. The van der Waals surface area contributed by atoms with E-state index in [9.17, 15) is 0 Å². The Bertz CT molecular complexity index is 513. The van der Waals surface area contributed by atoms with Crippen molar-refractivity contribution in [2.24, 2.45) is 5.73 Å². The third-order valence-electron chi connectivity index (χ3n) is 2.59. The molecule has 0 spiro atoms. The molecule has 0 radical (unpaired) electrons. The molecule has 4 heteroatoms. The maximum Gasteiger partial charge on any atom is 0.0967 e. The Hall–Kier alpha value is -0.840. The first kappa shape index (κ1) is 13.6. The van der Waals surface area contributed by atoms with Gasteiger partial charge in [0.1, 0.15) is 0 Å². The van der Waals surface area contributed by atoms with Crippen molar-refractivity contribution < 1.29 is 0 Å². The molecule has 2 aromatic rings. The van der Waals surface area contributed by atoms with Crippen LogP contribution in [0.1, 0.15) is 16.4 Å². The third kappa shape index (κ3) is 3.57. The van der Waals surface area contributed by atoms with Crippen LogP contribution in [0, 0.1) is 6.92 Å². The summed E-state index contributed by atoms with van der Waals surface area (Å²) >= 11 is 5.09. The predicted octanol–water partition coefficient (Wildman–Crippen LogP) is 3.94. The van der Waals surface area contributed by atoms with Gasteiger partial charge in [0.25, 0.3) is 0 Å². The van der Waals surface area contributed by atoms with E-state index in [0.717, 1.165) is 9.50 Å². The average molecular weight is 323 g/mol. The number of aromatic nitrogens is 1. The lowest BCUT2D eigenvalue weighted by Gasteiger charge is -2.14. The van der Waals surface area contributed by atoms with Crippen molar-refractivity contribution in [1.82, 2.24) is 4.98 Å². The molecule has 94 valence electrons. The largest absolute Gasteiger partial charge is 0.329 e. The first-order chi connectivity index (χ1) is 8.69. The monoisotopic (exact) mass is 322 g/mol. The first-order valence-corrected chi connectivity index (χ1v) is 7.41. The maximum atomic E-state index is 5.87. The molecule has 1 unspecified atom stereocenters. The summed E-state index contributed by atoms with van der Waals surface area (Å²) in [6.45, 7) is 2.70. The summed E-state index contributed by atoms with van der Waals surface area (Å²) in [5, 5.41) is 1.24. The van der Waals surface area contributed by atoms with Crippen LogP contribution in [0.25, 0.3) is 0 Å². The highest BCUT2D eigenvalue weighted by molar-refractivity contribution is 9.10. The lowest BCUT2D eigenvalue weighted by molar-refractivity contribution is 0.932. The molecule has 1 heterocycles. The van der Waals surface area contributed by atoms with E-state index in [0.29, 0.717) is 6.54 Å². The number of aryl methyl sites for hydroxylation is 1. The van der Waals surface area contributed by atoms with Gasteiger partial charge in [-0.25, -0.2) is 4.98 Å². The van der Waals surface area contributed by atoms with Crippen molar-refractivity contribution >= 4 is 27.7 Å². The van der Waals surface area contributed by atoms with Crippen LogP contribution in [0.2, 0.25) is 0 Å². The summed E-state index contributed by atoms with van der Waals surface area (Å²) in [5.74, 6) is 0. The lowest BCUT2D eigenvalue weighted by Crippen LogP contribution is -2.09. The second-order valence-corrected chi connectivity index (χ2v) is 6.21. The molecule has 1 aromatic heterocycles. The van der Waals surface area contributed by atoms with E-state index in [-0.39, 0.29) is 5.25 Å². The van der Waals surface area contributed by atoms with E-state index in [4.69, 9.17) is 5.73 Å². The van der Waals surface area contributed by atoms with Gasteiger partial charge in [0.2, 0.25) is 0 Å². The van der Waals surface area contributed by atoms with Gasteiger partial charge >= 0.3 is 0 Å². The lowest BCUT2D eigenvalue weighted by atomic mass is 10.1. The highest BCUT2D eigenvalue weighted by Crippen LogP contribution is 2.33. The molecule has 0 saturated carbocycles. The van der Waals surface area contributed by atoms with Crippen LogP contribution in [0.4, 0.5) is 0 Å². The average Bonchev–Trinajstić information content (AvgIpc) is 2.38. The van der Waals surface area contributed by atoms with Crippen LogP contribution in [-0.2, 0) is 0 Å². The van der Waals surface area contributed by atoms with Gasteiger partial charge in [0.15, 0.2) is 0 Å². The molecular weight excluding hydrogens is 308 g/mol. The smallest absolute Gasteiger partial charge is 0.0967 e. The molecular formula is C14H15BrN2S. The Kier molecular flexibility index (Phi) is 4.80. The molecule has 2 N–H and O–H groups in total. The number of rotatable bonds is 4. The molecule has 2 rings (SSSR count). The zero-order valence-corrected chi connectivity index (χ0v) is 12.5. The highest BCUT2D eigenvalue weighted by atomic mass is 79.9. The summed E-state index contributed by atoms with van der Waals surface area (Å²) in [4.78, 5) is 4.37. The van der Waals surface area contributed by atoms with Crippen molar-refractivity contribution in [3.8, 4) is 0 Å². The minimum atomic E-state index is 0.249. The molecule has 2 nitrogen and oxygen atoms in total. The number of halogens is 1. The molecule has 0 fully saturated rings. The number of hydrogen-bond donors (Lipinski definition) is 1. The number of nitrogens with zero attached hydrogens (tertiary/aromatic N) is 1. The van der Waals surface area contributed by atoms with E-state index >= 15 is 0 Å². The van der Waals surface area contributed by atoms with Crippen molar-refractivity contribution in [2.45, 2.75) is 17.2 Å². The van der Waals surface area contributed by atoms with Gasteiger partial charge in [-0.3, -0.25) is 0 Å². The van der Waals surface area contributed by atoms with E-state index in [1.165, 1.54) is 11.1 Å². The Balaban J connectivity index is 2.17. The van der Waals surface area contributed by atoms with Gasteiger partial charge in [-0.15, -0.1) is 0 Å². The molecule has 0 aliphatic carbocycles. The van der Waals surface area contributed by atoms with Gasteiger partial charge in [-0.05, 0) is 40.5 Å². The Morgan fingerprint density at radius 1 is 1.33 bits per heavy atom. The number of pyridine rings is 1. The van der Waals surface area contributed by atoms with Crippen molar-refractivity contribution in [3.63, 3.8) is 0 Å². The Labute approximate surface area is 120 Å².